The molecule has 2 rings (SSSR count). The summed E-state index contributed by atoms with van der Waals surface area (Å²) in [4.78, 5) is 0.360. The van der Waals surface area contributed by atoms with Crippen LogP contribution in [-0.4, -0.2) is 21.5 Å². The van der Waals surface area contributed by atoms with E-state index in [1.165, 1.54) is 36.8 Å². The molecule has 0 spiro atoms. The van der Waals surface area contributed by atoms with E-state index in [0.29, 0.717) is 24.6 Å². The predicted octanol–water partition coefficient (Wildman–Crippen LogP) is 2.22. The monoisotopic (exact) mass is 360 g/mol. The lowest BCUT2D eigenvalue weighted by Crippen LogP contribution is -2.02. The van der Waals surface area contributed by atoms with Gasteiger partial charge >= 0.3 is 0 Å². The molecule has 0 radical (unpaired) electrons. The van der Waals surface area contributed by atoms with Gasteiger partial charge in [-0.25, -0.2) is 8.42 Å². The van der Waals surface area contributed by atoms with Crippen LogP contribution < -0.4 is 20.9 Å². The fourth-order valence-electron chi connectivity index (χ4n) is 1.90. The largest absolute Gasteiger partial charge is 0.465 e. The third kappa shape index (κ3) is 5.18. The van der Waals surface area contributed by atoms with Gasteiger partial charge < -0.3 is 20.9 Å². The average molecular weight is 360 g/mol. The van der Waals surface area contributed by atoms with Gasteiger partial charge in [0.25, 0.3) is 0 Å². The molecule has 0 saturated heterocycles. The Morgan fingerprint density at radius 3 is 1.40 bits per heavy atom. The first kappa shape index (κ1) is 18.7. The summed E-state index contributed by atoms with van der Waals surface area (Å²) >= 11 is 0. The smallest absolute Gasteiger partial charge is 0.206 e. The standard InChI is InChI=1S/C18H20N2O4S/c19-11-1-13-23-15-3-7-17(8-4-15)25(21,22)18-9-5-16(6-10-18)24-14-2-12-20/h1-10,13-14H,11-12,19-20H2. The van der Waals surface area contributed by atoms with Crippen LogP contribution in [0.1, 0.15) is 0 Å². The molecule has 0 aliphatic carbocycles. The zero-order valence-corrected chi connectivity index (χ0v) is 14.4. The summed E-state index contributed by atoms with van der Waals surface area (Å²) < 4.78 is 35.9. The van der Waals surface area contributed by atoms with E-state index in [1.54, 1.807) is 36.4 Å². The molecule has 2 aromatic rings. The molecule has 0 atom stereocenters. The molecule has 0 aromatic heterocycles. The minimum absolute atomic E-state index is 0.180. The van der Waals surface area contributed by atoms with E-state index in [2.05, 4.69) is 0 Å². The average Bonchev–Trinajstić information content (AvgIpc) is 2.63. The SMILES string of the molecule is NCC=COc1ccc(S(=O)(=O)c2ccc(OC=CCN)cc2)cc1. The van der Waals surface area contributed by atoms with Crippen LogP contribution in [0.5, 0.6) is 11.5 Å². The van der Waals surface area contributed by atoms with E-state index in [-0.39, 0.29) is 9.79 Å². The molecule has 2 aromatic carbocycles. The Bertz CT molecular complexity index is 761. The number of nitrogens with two attached hydrogens (primary N) is 2. The molecule has 4 N–H and O–H groups in total. The molecule has 0 fully saturated rings. The van der Waals surface area contributed by atoms with Gasteiger partial charge in [-0.15, -0.1) is 0 Å². The molecule has 0 aliphatic heterocycles. The zero-order chi connectivity index (χ0) is 18.1. The van der Waals surface area contributed by atoms with Crippen molar-refractivity contribution < 1.29 is 17.9 Å². The highest BCUT2D eigenvalue weighted by Gasteiger charge is 2.17. The first-order valence-corrected chi connectivity index (χ1v) is 9.05. The Labute approximate surface area is 147 Å². The topological polar surface area (TPSA) is 105 Å². The van der Waals surface area contributed by atoms with E-state index in [9.17, 15) is 8.42 Å². The quantitative estimate of drug-likeness (QED) is 0.700. The van der Waals surface area contributed by atoms with Gasteiger partial charge in [0.15, 0.2) is 0 Å². The van der Waals surface area contributed by atoms with Crippen molar-refractivity contribution in [3.05, 3.63) is 73.2 Å². The van der Waals surface area contributed by atoms with E-state index in [0.717, 1.165) is 0 Å². The van der Waals surface area contributed by atoms with Crippen LogP contribution in [0.15, 0.2) is 83.0 Å². The molecule has 6 nitrogen and oxygen atoms in total. The first-order valence-electron chi connectivity index (χ1n) is 7.56. The number of sulfone groups is 1. The predicted molar refractivity (Wildman–Crippen MR) is 96.0 cm³/mol. The van der Waals surface area contributed by atoms with Gasteiger partial charge in [-0.3, -0.25) is 0 Å². The minimum atomic E-state index is -3.61. The van der Waals surface area contributed by atoms with Gasteiger partial charge in [-0.2, -0.15) is 0 Å². The lowest BCUT2D eigenvalue weighted by atomic mass is 10.3. The molecular formula is C18H20N2O4S. The summed E-state index contributed by atoms with van der Waals surface area (Å²) in [6, 6.07) is 12.3. The number of rotatable bonds is 8. The Hall–Kier alpha value is -2.61. The van der Waals surface area contributed by atoms with Crippen LogP contribution in [0.25, 0.3) is 0 Å². The normalized spacial score (nSPS) is 11.9. The maximum absolute atomic E-state index is 12.6. The van der Waals surface area contributed by atoms with Gasteiger partial charge in [-0.05, 0) is 60.7 Å². The van der Waals surface area contributed by atoms with Gasteiger partial charge in [0, 0.05) is 13.1 Å². The van der Waals surface area contributed by atoms with Crippen molar-refractivity contribution >= 4 is 9.84 Å². The lowest BCUT2D eigenvalue weighted by Gasteiger charge is -2.07. The second kappa shape index (κ2) is 9.03. The number of ether oxygens (including phenoxy) is 2. The van der Waals surface area contributed by atoms with Crippen molar-refractivity contribution in [3.63, 3.8) is 0 Å². The number of benzene rings is 2. The third-order valence-corrected chi connectivity index (χ3v) is 4.93. The van der Waals surface area contributed by atoms with Crippen molar-refractivity contribution in [2.24, 2.45) is 11.5 Å². The number of hydrogen-bond donors (Lipinski definition) is 2. The van der Waals surface area contributed by atoms with Gasteiger partial charge in [-0.1, -0.05) is 0 Å². The van der Waals surface area contributed by atoms with E-state index in [4.69, 9.17) is 20.9 Å². The number of hydrogen-bond acceptors (Lipinski definition) is 6. The summed E-state index contributed by atoms with van der Waals surface area (Å²) in [5.41, 5.74) is 10.6. The van der Waals surface area contributed by atoms with E-state index >= 15 is 0 Å². The Morgan fingerprint density at radius 1 is 0.720 bits per heavy atom. The van der Waals surface area contributed by atoms with Crippen LogP contribution in [0.3, 0.4) is 0 Å². The molecule has 7 heteroatoms. The summed E-state index contributed by atoms with van der Waals surface area (Å²) in [6.07, 6.45) is 6.22. The highest BCUT2D eigenvalue weighted by molar-refractivity contribution is 7.91. The van der Waals surface area contributed by atoms with Crippen molar-refractivity contribution in [1.29, 1.82) is 0 Å². The zero-order valence-electron chi connectivity index (χ0n) is 13.5. The maximum Gasteiger partial charge on any atom is 0.206 e. The second-order valence-electron chi connectivity index (χ2n) is 4.90. The van der Waals surface area contributed by atoms with Crippen LogP contribution >= 0.6 is 0 Å². The van der Waals surface area contributed by atoms with E-state index < -0.39 is 9.84 Å². The molecule has 0 aliphatic rings. The molecule has 0 heterocycles. The summed E-state index contributed by atoms with van der Waals surface area (Å²) in [6.45, 7) is 0.738. The van der Waals surface area contributed by atoms with E-state index in [1.807, 2.05) is 0 Å². The van der Waals surface area contributed by atoms with Crippen molar-refractivity contribution in [1.82, 2.24) is 0 Å². The fraction of sp³-hybridized carbons (Fsp3) is 0.111. The van der Waals surface area contributed by atoms with Crippen LogP contribution in [0, 0.1) is 0 Å². The Kier molecular flexibility index (Phi) is 6.76. The highest BCUT2D eigenvalue weighted by Crippen LogP contribution is 2.25. The van der Waals surface area contributed by atoms with Crippen LogP contribution in [-0.2, 0) is 9.84 Å². The summed E-state index contributed by atoms with van der Waals surface area (Å²) in [7, 11) is -3.61. The lowest BCUT2D eigenvalue weighted by molar-refractivity contribution is 0.479. The summed E-state index contributed by atoms with van der Waals surface area (Å²) in [5, 5.41) is 0. The Balaban J connectivity index is 2.14. The third-order valence-electron chi connectivity index (χ3n) is 3.14. The van der Waals surface area contributed by atoms with Crippen LogP contribution in [0.4, 0.5) is 0 Å². The highest BCUT2D eigenvalue weighted by atomic mass is 32.2. The van der Waals surface area contributed by atoms with Gasteiger partial charge in [0.1, 0.15) is 11.5 Å². The molecule has 132 valence electrons. The molecule has 0 unspecified atom stereocenters. The van der Waals surface area contributed by atoms with Gasteiger partial charge in [0.05, 0.1) is 22.3 Å². The molecule has 25 heavy (non-hydrogen) atoms. The van der Waals surface area contributed by atoms with Crippen LogP contribution in [0.2, 0.25) is 0 Å². The molecule has 0 amide bonds. The van der Waals surface area contributed by atoms with Crippen molar-refractivity contribution in [2.75, 3.05) is 13.1 Å². The molecular weight excluding hydrogens is 340 g/mol. The maximum atomic E-state index is 12.6. The molecule has 0 bridgehead atoms. The van der Waals surface area contributed by atoms with Crippen molar-refractivity contribution in [2.45, 2.75) is 9.79 Å². The minimum Gasteiger partial charge on any atom is -0.465 e. The van der Waals surface area contributed by atoms with Gasteiger partial charge in [0.2, 0.25) is 9.84 Å². The fourth-order valence-corrected chi connectivity index (χ4v) is 3.16. The molecule has 0 saturated carbocycles. The second-order valence-corrected chi connectivity index (χ2v) is 6.85. The summed E-state index contributed by atoms with van der Waals surface area (Å²) in [5.74, 6) is 1.05. The van der Waals surface area contributed by atoms with Crippen molar-refractivity contribution in [3.8, 4) is 11.5 Å². The Morgan fingerprint density at radius 2 is 1.08 bits per heavy atom. The first-order chi connectivity index (χ1) is 12.1.